The Morgan fingerprint density at radius 3 is 2.05 bits per heavy atom. The highest BCUT2D eigenvalue weighted by molar-refractivity contribution is 5.97. The molecule has 0 aromatic carbocycles. The molecule has 0 saturated carbocycles. The van der Waals surface area contributed by atoms with Crippen LogP contribution in [0.4, 0.5) is 0 Å². The zero-order valence-electron chi connectivity index (χ0n) is 14.2. The van der Waals surface area contributed by atoms with Gasteiger partial charge in [-0.2, -0.15) is 0 Å². The Hall–Kier alpha value is -1.29. The minimum absolute atomic E-state index is 0.0292. The Kier molecular flexibility index (Phi) is 8.97. The lowest BCUT2D eigenvalue weighted by Gasteiger charge is -2.18. The van der Waals surface area contributed by atoms with E-state index < -0.39 is 0 Å². The number of aromatic nitrogens is 1. The Morgan fingerprint density at radius 2 is 1.65 bits per heavy atom. The van der Waals surface area contributed by atoms with Crippen molar-refractivity contribution >= 4 is 5.91 Å². The molecule has 4 nitrogen and oxygen atoms in total. The second-order valence-electron chi connectivity index (χ2n) is 4.66. The molecule has 0 unspecified atom stereocenters. The molecule has 1 amide bonds. The van der Waals surface area contributed by atoms with Crippen molar-refractivity contribution in [2.75, 3.05) is 26.2 Å². The van der Waals surface area contributed by atoms with Crippen LogP contribution < -0.4 is 5.32 Å². The number of aryl methyl sites for hydroxylation is 2. The molecule has 0 aliphatic carbocycles. The van der Waals surface area contributed by atoms with Crippen molar-refractivity contribution < 1.29 is 4.79 Å². The highest BCUT2D eigenvalue weighted by Crippen LogP contribution is 2.16. The molecule has 0 saturated heterocycles. The summed E-state index contributed by atoms with van der Waals surface area (Å²) in [5.41, 5.74) is 3.87. The maximum absolute atomic E-state index is 12.1. The predicted molar refractivity (Wildman–Crippen MR) is 86.5 cm³/mol. The number of nitrogens with zero attached hydrogens (tertiary/aromatic N) is 1. The van der Waals surface area contributed by atoms with Crippen LogP contribution in [0.1, 0.15) is 55.0 Å². The van der Waals surface area contributed by atoms with Crippen molar-refractivity contribution in [3.63, 3.8) is 0 Å². The Morgan fingerprint density at radius 1 is 1.10 bits per heavy atom. The number of carbonyl (C=O) groups excluding carboxylic acids is 1. The molecule has 0 bridgehead atoms. The molecular weight excluding hydrogens is 250 g/mol. The zero-order valence-corrected chi connectivity index (χ0v) is 14.2. The third-order valence-electron chi connectivity index (χ3n) is 3.52. The van der Waals surface area contributed by atoms with Crippen molar-refractivity contribution in [2.45, 2.75) is 48.5 Å². The van der Waals surface area contributed by atoms with E-state index in [0.717, 1.165) is 42.1 Å². The average molecular weight is 281 g/mol. The van der Waals surface area contributed by atoms with E-state index in [0.29, 0.717) is 6.54 Å². The van der Waals surface area contributed by atoms with Gasteiger partial charge in [-0.25, -0.2) is 0 Å². The summed E-state index contributed by atoms with van der Waals surface area (Å²) < 4.78 is 0. The minimum Gasteiger partial charge on any atom is -0.362 e. The Labute approximate surface area is 123 Å². The topological polar surface area (TPSA) is 48.1 Å². The smallest absolute Gasteiger partial charge is 0.253 e. The highest BCUT2D eigenvalue weighted by Gasteiger charge is 2.15. The van der Waals surface area contributed by atoms with Crippen LogP contribution in [0.15, 0.2) is 0 Å². The molecular formula is C16H31N3O. The van der Waals surface area contributed by atoms with E-state index in [2.05, 4.69) is 29.0 Å². The van der Waals surface area contributed by atoms with E-state index in [1.54, 1.807) is 0 Å². The van der Waals surface area contributed by atoms with Crippen LogP contribution in [-0.4, -0.2) is 42.0 Å². The lowest BCUT2D eigenvalue weighted by molar-refractivity contribution is 0.0948. The number of rotatable bonds is 6. The van der Waals surface area contributed by atoms with Gasteiger partial charge in [0.2, 0.25) is 0 Å². The number of amides is 1. The zero-order chi connectivity index (χ0) is 15.7. The number of carbonyl (C=O) groups is 1. The first-order valence-corrected chi connectivity index (χ1v) is 7.67. The average Bonchev–Trinajstić information content (AvgIpc) is 2.70. The fourth-order valence-electron chi connectivity index (χ4n) is 2.20. The minimum atomic E-state index is 0.0292. The van der Waals surface area contributed by atoms with Crippen LogP contribution in [0.2, 0.25) is 0 Å². The third-order valence-corrected chi connectivity index (χ3v) is 3.52. The van der Waals surface area contributed by atoms with E-state index in [-0.39, 0.29) is 5.91 Å². The number of hydrogen-bond donors (Lipinski definition) is 2. The molecule has 0 spiro atoms. The van der Waals surface area contributed by atoms with Crippen LogP contribution in [0.25, 0.3) is 0 Å². The molecule has 4 heteroatoms. The number of hydrogen-bond acceptors (Lipinski definition) is 2. The van der Waals surface area contributed by atoms with Crippen LogP contribution in [0, 0.1) is 20.8 Å². The molecule has 1 heterocycles. The molecule has 0 atom stereocenters. The molecule has 1 aromatic rings. The standard InChI is InChI=1S/C14H25N3O.C2H6/c1-6-17(7-2)9-8-15-14(18)13-10(3)11(4)16-12(13)5;1-2/h16H,6-9H2,1-5H3,(H,15,18);1-2H3. The van der Waals surface area contributed by atoms with Crippen LogP contribution in [-0.2, 0) is 0 Å². The summed E-state index contributed by atoms with van der Waals surface area (Å²) in [6, 6.07) is 0. The van der Waals surface area contributed by atoms with Gasteiger partial charge < -0.3 is 15.2 Å². The Balaban J connectivity index is 0.00000172. The van der Waals surface area contributed by atoms with Gasteiger partial charge in [-0.05, 0) is 39.4 Å². The molecule has 2 N–H and O–H groups in total. The second kappa shape index (κ2) is 9.59. The molecule has 1 aromatic heterocycles. The van der Waals surface area contributed by atoms with Gasteiger partial charge in [0.15, 0.2) is 0 Å². The first-order valence-electron chi connectivity index (χ1n) is 7.67. The van der Waals surface area contributed by atoms with Crippen molar-refractivity contribution in [3.05, 3.63) is 22.5 Å². The molecule has 0 fully saturated rings. The van der Waals surface area contributed by atoms with Gasteiger partial charge in [-0.3, -0.25) is 4.79 Å². The lowest BCUT2D eigenvalue weighted by atomic mass is 10.1. The molecule has 0 aliphatic heterocycles. The van der Waals surface area contributed by atoms with E-state index in [9.17, 15) is 4.79 Å². The molecule has 0 aliphatic rings. The number of aromatic amines is 1. The lowest BCUT2D eigenvalue weighted by Crippen LogP contribution is -2.35. The van der Waals surface area contributed by atoms with Gasteiger partial charge in [0.05, 0.1) is 5.56 Å². The van der Waals surface area contributed by atoms with Crippen LogP contribution >= 0.6 is 0 Å². The predicted octanol–water partition coefficient (Wildman–Crippen LogP) is 3.04. The summed E-state index contributed by atoms with van der Waals surface area (Å²) in [5, 5.41) is 2.99. The van der Waals surface area contributed by atoms with Crippen molar-refractivity contribution in [3.8, 4) is 0 Å². The summed E-state index contributed by atoms with van der Waals surface area (Å²) in [4.78, 5) is 17.6. The first-order chi connectivity index (χ1) is 9.51. The van der Waals surface area contributed by atoms with Gasteiger partial charge in [0.25, 0.3) is 5.91 Å². The normalized spacial score (nSPS) is 10.2. The molecule has 0 radical (unpaired) electrons. The molecule has 116 valence electrons. The van der Waals surface area contributed by atoms with Gasteiger partial charge in [-0.15, -0.1) is 0 Å². The van der Waals surface area contributed by atoms with Crippen molar-refractivity contribution in [1.29, 1.82) is 0 Å². The summed E-state index contributed by atoms with van der Waals surface area (Å²) in [6.45, 7) is 17.8. The SMILES string of the molecule is CC.CCN(CC)CCNC(=O)c1c(C)[nH]c(C)c1C. The van der Waals surface area contributed by atoms with Gasteiger partial charge >= 0.3 is 0 Å². The van der Waals surface area contributed by atoms with Crippen molar-refractivity contribution in [1.82, 2.24) is 15.2 Å². The Bertz CT molecular complexity index is 406. The fraction of sp³-hybridized carbons (Fsp3) is 0.688. The highest BCUT2D eigenvalue weighted by atomic mass is 16.1. The number of likely N-dealkylation sites (N-methyl/N-ethyl adjacent to an activating group) is 1. The third kappa shape index (κ3) is 5.00. The summed E-state index contributed by atoms with van der Waals surface area (Å²) in [6.07, 6.45) is 0. The maximum Gasteiger partial charge on any atom is 0.253 e. The van der Waals surface area contributed by atoms with E-state index in [1.807, 2.05) is 34.6 Å². The van der Waals surface area contributed by atoms with Gasteiger partial charge in [0.1, 0.15) is 0 Å². The van der Waals surface area contributed by atoms with E-state index in [4.69, 9.17) is 0 Å². The van der Waals surface area contributed by atoms with Gasteiger partial charge in [-0.1, -0.05) is 27.7 Å². The number of nitrogens with one attached hydrogen (secondary N) is 2. The maximum atomic E-state index is 12.1. The quantitative estimate of drug-likeness (QED) is 0.842. The molecule has 1 rings (SSSR count). The number of H-pyrrole nitrogens is 1. The van der Waals surface area contributed by atoms with Crippen LogP contribution in [0.3, 0.4) is 0 Å². The van der Waals surface area contributed by atoms with Gasteiger partial charge in [0, 0.05) is 24.5 Å². The monoisotopic (exact) mass is 281 g/mol. The van der Waals surface area contributed by atoms with Crippen LogP contribution in [0.5, 0.6) is 0 Å². The first kappa shape index (κ1) is 18.7. The van der Waals surface area contributed by atoms with Crippen molar-refractivity contribution in [2.24, 2.45) is 0 Å². The van der Waals surface area contributed by atoms with E-state index in [1.165, 1.54) is 0 Å². The molecule has 20 heavy (non-hydrogen) atoms. The summed E-state index contributed by atoms with van der Waals surface area (Å²) >= 11 is 0. The largest absolute Gasteiger partial charge is 0.362 e. The summed E-state index contributed by atoms with van der Waals surface area (Å²) in [5.74, 6) is 0.0292. The van der Waals surface area contributed by atoms with E-state index >= 15 is 0 Å². The summed E-state index contributed by atoms with van der Waals surface area (Å²) in [7, 11) is 0. The fourth-order valence-corrected chi connectivity index (χ4v) is 2.20. The second-order valence-corrected chi connectivity index (χ2v) is 4.66.